The summed E-state index contributed by atoms with van der Waals surface area (Å²) in [5.74, 6) is 0.617. The predicted octanol–water partition coefficient (Wildman–Crippen LogP) is 3.07. The van der Waals surface area contributed by atoms with Crippen molar-refractivity contribution >= 4 is 34.1 Å². The van der Waals surface area contributed by atoms with Crippen molar-refractivity contribution < 1.29 is 4.74 Å². The molecule has 14 heavy (non-hydrogen) atoms. The van der Waals surface area contributed by atoms with Crippen LogP contribution in [0.25, 0.3) is 10.1 Å². The number of fused-ring (bicyclic) bond motifs is 1. The highest BCUT2D eigenvalue weighted by molar-refractivity contribution is 7.83. The zero-order chi connectivity index (χ0) is 10.1. The fraction of sp³-hybridized carbons (Fsp3) is 0.100. The second kappa shape index (κ2) is 3.52. The average Bonchev–Trinajstić information content (AvgIpc) is 2.56. The van der Waals surface area contributed by atoms with Crippen LogP contribution in [0.2, 0.25) is 0 Å². The monoisotopic (exact) mass is 221 g/mol. The maximum atomic E-state index is 9.01. The molecule has 1 aromatic heterocycles. The van der Waals surface area contributed by atoms with Crippen molar-refractivity contribution in [3.63, 3.8) is 0 Å². The van der Waals surface area contributed by atoms with Crippen LogP contribution in [0.4, 0.5) is 0 Å². The van der Waals surface area contributed by atoms with Gasteiger partial charge < -0.3 is 4.74 Å². The maximum Gasteiger partial charge on any atom is 0.137 e. The molecular formula is C10H7NOS2. The summed E-state index contributed by atoms with van der Waals surface area (Å²) in [7, 11) is 1.57. The van der Waals surface area contributed by atoms with Gasteiger partial charge in [0.25, 0.3) is 0 Å². The first-order chi connectivity index (χ1) is 6.76. The zero-order valence-electron chi connectivity index (χ0n) is 7.44. The molecule has 70 valence electrons. The molecule has 0 atom stereocenters. The van der Waals surface area contributed by atoms with E-state index in [1.165, 1.54) is 0 Å². The van der Waals surface area contributed by atoms with E-state index in [9.17, 15) is 0 Å². The van der Waals surface area contributed by atoms with Crippen molar-refractivity contribution in [2.45, 2.75) is 4.21 Å². The number of benzene rings is 1. The second-order valence-corrected chi connectivity index (χ2v) is 4.62. The van der Waals surface area contributed by atoms with Crippen molar-refractivity contribution in [2.24, 2.45) is 0 Å². The highest BCUT2D eigenvalue weighted by Gasteiger charge is 2.09. The van der Waals surface area contributed by atoms with Crippen molar-refractivity contribution in [3.8, 4) is 11.8 Å². The lowest BCUT2D eigenvalue weighted by Gasteiger charge is -2.01. The van der Waals surface area contributed by atoms with Gasteiger partial charge in [0.1, 0.15) is 17.4 Å². The SMILES string of the molecule is COc1ccc2sc(S)cc2c1C#N. The Kier molecular flexibility index (Phi) is 2.36. The van der Waals surface area contributed by atoms with E-state index < -0.39 is 0 Å². The fourth-order valence-electron chi connectivity index (χ4n) is 1.36. The molecular weight excluding hydrogens is 214 g/mol. The van der Waals surface area contributed by atoms with Crippen LogP contribution in [0, 0.1) is 11.3 Å². The van der Waals surface area contributed by atoms with Gasteiger partial charge in [0.05, 0.1) is 11.3 Å². The molecule has 0 N–H and O–H groups in total. The third-order valence-corrected chi connectivity index (χ3v) is 3.29. The molecule has 0 bridgehead atoms. The molecule has 0 unspecified atom stereocenters. The summed E-state index contributed by atoms with van der Waals surface area (Å²) in [6.07, 6.45) is 0. The standard InChI is InChI=1S/C10H7NOS2/c1-12-8-2-3-9-6(7(8)5-11)4-10(13)14-9/h2-4,13H,1H3. The average molecular weight is 221 g/mol. The summed E-state index contributed by atoms with van der Waals surface area (Å²) >= 11 is 5.82. The molecule has 4 heteroatoms. The summed E-state index contributed by atoms with van der Waals surface area (Å²) in [5.41, 5.74) is 0.585. The molecule has 0 saturated carbocycles. The molecule has 0 saturated heterocycles. The topological polar surface area (TPSA) is 33.0 Å². The van der Waals surface area contributed by atoms with Crippen molar-refractivity contribution in [3.05, 3.63) is 23.8 Å². The molecule has 0 radical (unpaired) electrons. The van der Waals surface area contributed by atoms with Gasteiger partial charge in [0.2, 0.25) is 0 Å². The van der Waals surface area contributed by atoms with Gasteiger partial charge in [0.15, 0.2) is 0 Å². The Morgan fingerprint density at radius 2 is 2.29 bits per heavy atom. The third kappa shape index (κ3) is 1.35. The Hall–Kier alpha value is -1.18. The number of ether oxygens (including phenoxy) is 1. The Morgan fingerprint density at radius 3 is 2.93 bits per heavy atom. The molecule has 1 aromatic carbocycles. The fourth-order valence-corrected chi connectivity index (χ4v) is 2.60. The minimum Gasteiger partial charge on any atom is -0.495 e. The molecule has 0 spiro atoms. The van der Waals surface area contributed by atoms with Crippen LogP contribution in [-0.2, 0) is 0 Å². The summed E-state index contributed by atoms with van der Waals surface area (Å²) in [4.78, 5) is 0. The Bertz CT molecular complexity index is 525. The van der Waals surface area contributed by atoms with Crippen LogP contribution in [0.15, 0.2) is 22.4 Å². The number of rotatable bonds is 1. The van der Waals surface area contributed by atoms with Crippen LogP contribution < -0.4 is 4.74 Å². The number of nitrogens with zero attached hydrogens (tertiary/aromatic N) is 1. The molecule has 0 fully saturated rings. The van der Waals surface area contributed by atoms with E-state index in [2.05, 4.69) is 18.7 Å². The molecule has 2 aromatic rings. The Morgan fingerprint density at radius 1 is 1.50 bits per heavy atom. The number of methoxy groups -OCH3 is 1. The largest absolute Gasteiger partial charge is 0.495 e. The summed E-state index contributed by atoms with van der Waals surface area (Å²) in [5, 5.41) is 9.92. The molecule has 2 rings (SSSR count). The molecule has 0 amide bonds. The minimum absolute atomic E-state index is 0.585. The number of nitriles is 1. The molecule has 0 aliphatic heterocycles. The summed E-state index contributed by atoms with van der Waals surface area (Å²) in [6, 6.07) is 7.80. The lowest BCUT2D eigenvalue weighted by Crippen LogP contribution is -1.87. The lowest BCUT2D eigenvalue weighted by molar-refractivity contribution is 0.414. The van der Waals surface area contributed by atoms with E-state index in [0.717, 1.165) is 14.3 Å². The highest BCUT2D eigenvalue weighted by Crippen LogP contribution is 2.34. The van der Waals surface area contributed by atoms with Crippen molar-refractivity contribution in [2.75, 3.05) is 7.11 Å². The predicted molar refractivity (Wildman–Crippen MR) is 60.3 cm³/mol. The van der Waals surface area contributed by atoms with Gasteiger partial charge in [-0.2, -0.15) is 5.26 Å². The first-order valence-electron chi connectivity index (χ1n) is 3.96. The molecule has 0 aliphatic rings. The number of hydrogen-bond acceptors (Lipinski definition) is 4. The first kappa shape index (κ1) is 9.38. The van der Waals surface area contributed by atoms with E-state index >= 15 is 0 Å². The van der Waals surface area contributed by atoms with Crippen LogP contribution >= 0.6 is 24.0 Å². The van der Waals surface area contributed by atoms with E-state index in [1.807, 2.05) is 18.2 Å². The number of hydrogen-bond donors (Lipinski definition) is 1. The normalized spacial score (nSPS) is 10.1. The molecule has 1 heterocycles. The zero-order valence-corrected chi connectivity index (χ0v) is 9.15. The van der Waals surface area contributed by atoms with Crippen LogP contribution in [-0.4, -0.2) is 7.11 Å². The second-order valence-electron chi connectivity index (χ2n) is 2.75. The van der Waals surface area contributed by atoms with Gasteiger partial charge in [-0.25, -0.2) is 0 Å². The van der Waals surface area contributed by atoms with Crippen molar-refractivity contribution in [1.29, 1.82) is 5.26 Å². The third-order valence-electron chi connectivity index (χ3n) is 1.98. The van der Waals surface area contributed by atoms with E-state index in [0.29, 0.717) is 11.3 Å². The molecule has 0 aliphatic carbocycles. The Labute approximate surface area is 91.1 Å². The summed E-state index contributed by atoms with van der Waals surface area (Å²) in [6.45, 7) is 0. The van der Waals surface area contributed by atoms with E-state index in [4.69, 9.17) is 10.00 Å². The van der Waals surface area contributed by atoms with Gasteiger partial charge in [0, 0.05) is 10.1 Å². The van der Waals surface area contributed by atoms with Gasteiger partial charge in [-0.15, -0.1) is 24.0 Å². The van der Waals surface area contributed by atoms with Crippen LogP contribution in [0.1, 0.15) is 5.56 Å². The van der Waals surface area contributed by atoms with Gasteiger partial charge in [-0.1, -0.05) is 0 Å². The van der Waals surface area contributed by atoms with Crippen LogP contribution in [0.5, 0.6) is 5.75 Å². The summed E-state index contributed by atoms with van der Waals surface area (Å²) < 4.78 is 7.08. The van der Waals surface area contributed by atoms with E-state index in [-0.39, 0.29) is 0 Å². The first-order valence-corrected chi connectivity index (χ1v) is 5.22. The minimum atomic E-state index is 0.585. The quantitative estimate of drug-likeness (QED) is 0.751. The van der Waals surface area contributed by atoms with Crippen LogP contribution in [0.3, 0.4) is 0 Å². The number of thiophene rings is 1. The highest BCUT2D eigenvalue weighted by atomic mass is 32.2. The molecule has 2 nitrogen and oxygen atoms in total. The maximum absolute atomic E-state index is 9.01. The van der Waals surface area contributed by atoms with Gasteiger partial charge >= 0.3 is 0 Å². The van der Waals surface area contributed by atoms with Gasteiger partial charge in [-0.05, 0) is 18.2 Å². The number of thiol groups is 1. The Balaban J connectivity index is 2.84. The van der Waals surface area contributed by atoms with Crippen molar-refractivity contribution in [1.82, 2.24) is 0 Å². The van der Waals surface area contributed by atoms with E-state index in [1.54, 1.807) is 18.4 Å². The van der Waals surface area contributed by atoms with Gasteiger partial charge in [-0.3, -0.25) is 0 Å². The lowest BCUT2D eigenvalue weighted by atomic mass is 10.1. The smallest absolute Gasteiger partial charge is 0.137 e.